The van der Waals surface area contributed by atoms with Crippen molar-refractivity contribution in [2.75, 3.05) is 73.4 Å². The molecule has 44 heavy (non-hydrogen) atoms. The molecule has 0 aromatic rings. The number of rotatable bonds is 35. The zero-order valence-corrected chi connectivity index (χ0v) is 30.2. The van der Waals surface area contributed by atoms with Crippen LogP contribution in [0.1, 0.15) is 155 Å². The fourth-order valence-electron chi connectivity index (χ4n) is 6.54. The molecule has 6 heteroatoms. The van der Waals surface area contributed by atoms with E-state index in [1.807, 2.05) is 0 Å². The number of aliphatic hydroxyl groups is 1. The monoisotopic (exact) mass is 629 g/mol. The first-order valence-electron chi connectivity index (χ1n) is 19.3. The molecule has 0 saturated carbocycles. The molecule has 1 N–H and O–H groups in total. The van der Waals surface area contributed by atoms with Crippen LogP contribution in [0.25, 0.3) is 0 Å². The predicted molar refractivity (Wildman–Crippen MR) is 186 cm³/mol. The molecule has 264 valence electrons. The Hall–Kier alpha value is -0.240. The lowest BCUT2D eigenvalue weighted by Crippen LogP contribution is -2.51. The Kier molecular flexibility index (Phi) is 28.6. The van der Waals surface area contributed by atoms with Gasteiger partial charge in [-0.15, -0.1) is 0 Å². The topological polar surface area (TPSA) is 57.2 Å². The third-order valence-corrected chi connectivity index (χ3v) is 9.75. The summed E-state index contributed by atoms with van der Waals surface area (Å²) in [5, 5.41) is 9.89. The van der Waals surface area contributed by atoms with Crippen LogP contribution in [0.15, 0.2) is 0 Å². The van der Waals surface area contributed by atoms with Gasteiger partial charge in [0.1, 0.15) is 12.6 Å². The molecule has 0 aliphatic carbocycles. The highest BCUT2D eigenvalue weighted by Gasteiger charge is 2.28. The lowest BCUT2D eigenvalue weighted by atomic mass is 10.0. The highest BCUT2D eigenvalue weighted by Crippen LogP contribution is 2.18. The lowest BCUT2D eigenvalue weighted by Gasteiger charge is -2.37. The van der Waals surface area contributed by atoms with Crippen molar-refractivity contribution < 1.29 is 28.5 Å². The normalized spacial score (nSPS) is 18.8. The van der Waals surface area contributed by atoms with Gasteiger partial charge in [0.2, 0.25) is 0 Å². The number of likely N-dealkylation sites (N-methyl/N-ethyl adjacent to an activating group) is 1. The van der Waals surface area contributed by atoms with Crippen LogP contribution < -0.4 is 0 Å². The molecule has 1 saturated heterocycles. The van der Waals surface area contributed by atoms with Gasteiger partial charge in [0.05, 0.1) is 58.6 Å². The number of unbranched alkanes of at least 4 members (excludes halogenated alkanes) is 20. The molecule has 4 unspecified atom stereocenters. The second-order valence-corrected chi connectivity index (χ2v) is 14.2. The Morgan fingerprint density at radius 3 is 1.61 bits per heavy atom. The van der Waals surface area contributed by atoms with Gasteiger partial charge in [0.25, 0.3) is 0 Å². The second-order valence-electron chi connectivity index (χ2n) is 14.2. The molecule has 0 bridgehead atoms. The van der Waals surface area contributed by atoms with Gasteiger partial charge >= 0.3 is 0 Å². The standard InChI is InChI=1S/C38H78NO5/c1-5-6-7-8-9-10-11-12-13-14-15-16-17-18-19-20-21-22-23-24-27-39(3,32-37(33-40)34-41-4)28-31-42-29-25-26-30-43-38-35-44-36(38)2/h36-38,40H,5-35H2,1-4H3/q+1. The molecule has 0 aromatic carbocycles. The minimum absolute atomic E-state index is 0.185. The van der Waals surface area contributed by atoms with Crippen molar-refractivity contribution in [1.82, 2.24) is 0 Å². The number of quaternary nitrogens is 1. The smallest absolute Gasteiger partial charge is 0.107 e. The minimum Gasteiger partial charge on any atom is -0.396 e. The first-order chi connectivity index (χ1) is 21.5. The van der Waals surface area contributed by atoms with Gasteiger partial charge in [-0.2, -0.15) is 0 Å². The van der Waals surface area contributed by atoms with Crippen molar-refractivity contribution in [2.24, 2.45) is 5.92 Å². The van der Waals surface area contributed by atoms with Crippen LogP contribution in [0.3, 0.4) is 0 Å². The van der Waals surface area contributed by atoms with E-state index in [0.29, 0.717) is 6.61 Å². The Morgan fingerprint density at radius 1 is 0.682 bits per heavy atom. The molecular formula is C38H78NO5+. The molecular weight excluding hydrogens is 550 g/mol. The van der Waals surface area contributed by atoms with E-state index in [2.05, 4.69) is 20.9 Å². The molecule has 0 aromatic heterocycles. The van der Waals surface area contributed by atoms with E-state index in [9.17, 15) is 5.11 Å². The van der Waals surface area contributed by atoms with E-state index in [1.165, 1.54) is 128 Å². The van der Waals surface area contributed by atoms with Gasteiger partial charge in [-0.05, 0) is 32.6 Å². The SMILES string of the molecule is CCCCCCCCCCCCCCCCCCCCCC[N+](C)(CCOCCCCOC1COC1C)CC(CO)COC. The first kappa shape index (κ1) is 41.8. The molecule has 0 radical (unpaired) electrons. The number of hydrogen-bond donors (Lipinski definition) is 1. The fourth-order valence-corrected chi connectivity index (χ4v) is 6.54. The van der Waals surface area contributed by atoms with Crippen molar-refractivity contribution in [3.8, 4) is 0 Å². The zero-order valence-electron chi connectivity index (χ0n) is 30.2. The van der Waals surface area contributed by atoms with E-state index in [0.717, 1.165) is 63.4 Å². The quantitative estimate of drug-likeness (QED) is 0.0560. The largest absolute Gasteiger partial charge is 0.396 e. The van der Waals surface area contributed by atoms with E-state index in [4.69, 9.17) is 18.9 Å². The first-order valence-corrected chi connectivity index (χ1v) is 19.3. The summed E-state index contributed by atoms with van der Waals surface area (Å²) in [7, 11) is 4.07. The van der Waals surface area contributed by atoms with Gasteiger partial charge in [0, 0.05) is 20.3 Å². The number of aliphatic hydroxyl groups excluding tert-OH is 1. The minimum atomic E-state index is 0.185. The van der Waals surface area contributed by atoms with Gasteiger partial charge in [-0.25, -0.2) is 0 Å². The van der Waals surface area contributed by atoms with E-state index < -0.39 is 0 Å². The molecule has 1 heterocycles. The Labute approximate surface area is 274 Å². The number of hydrogen-bond acceptors (Lipinski definition) is 5. The summed E-state index contributed by atoms with van der Waals surface area (Å²) < 4.78 is 23.6. The van der Waals surface area contributed by atoms with Crippen LogP contribution in [0.2, 0.25) is 0 Å². The van der Waals surface area contributed by atoms with Gasteiger partial charge in [0.15, 0.2) is 0 Å². The maximum absolute atomic E-state index is 9.89. The number of methoxy groups -OCH3 is 1. The Balaban J connectivity index is 2.01. The number of ether oxygens (including phenoxy) is 4. The Bertz CT molecular complexity index is 594. The summed E-state index contributed by atoms with van der Waals surface area (Å²) >= 11 is 0. The third kappa shape index (κ3) is 24.0. The molecule has 0 amide bonds. The maximum Gasteiger partial charge on any atom is 0.107 e. The zero-order chi connectivity index (χ0) is 32.0. The van der Waals surface area contributed by atoms with Gasteiger partial charge < -0.3 is 28.5 Å². The van der Waals surface area contributed by atoms with Crippen molar-refractivity contribution >= 4 is 0 Å². The molecule has 1 rings (SSSR count). The molecule has 1 fully saturated rings. The summed E-state index contributed by atoms with van der Waals surface area (Å²) in [6, 6.07) is 0. The number of nitrogens with zero attached hydrogens (tertiary/aromatic N) is 1. The highest BCUT2D eigenvalue weighted by molar-refractivity contribution is 4.74. The maximum atomic E-state index is 9.89. The van der Waals surface area contributed by atoms with Crippen LogP contribution in [0, 0.1) is 5.92 Å². The van der Waals surface area contributed by atoms with Crippen LogP contribution >= 0.6 is 0 Å². The van der Waals surface area contributed by atoms with Crippen molar-refractivity contribution in [1.29, 1.82) is 0 Å². The van der Waals surface area contributed by atoms with E-state index in [-0.39, 0.29) is 24.7 Å². The third-order valence-electron chi connectivity index (χ3n) is 9.75. The van der Waals surface area contributed by atoms with Crippen LogP contribution in [-0.4, -0.2) is 95.2 Å². The average molecular weight is 629 g/mol. The van der Waals surface area contributed by atoms with Crippen molar-refractivity contribution in [2.45, 2.75) is 167 Å². The molecule has 0 spiro atoms. The van der Waals surface area contributed by atoms with E-state index >= 15 is 0 Å². The van der Waals surface area contributed by atoms with Crippen LogP contribution in [-0.2, 0) is 18.9 Å². The predicted octanol–water partition coefficient (Wildman–Crippen LogP) is 9.11. The van der Waals surface area contributed by atoms with Crippen LogP contribution in [0.4, 0.5) is 0 Å². The molecule has 6 nitrogen and oxygen atoms in total. The summed E-state index contributed by atoms with van der Waals surface area (Å²) in [5.74, 6) is 0.185. The van der Waals surface area contributed by atoms with Crippen molar-refractivity contribution in [3.63, 3.8) is 0 Å². The molecule has 1 aliphatic rings. The van der Waals surface area contributed by atoms with Gasteiger partial charge in [-0.3, -0.25) is 0 Å². The molecule has 4 atom stereocenters. The second kappa shape index (κ2) is 30.1. The summed E-state index contributed by atoms with van der Waals surface area (Å²) in [6.45, 7) is 11.4. The Morgan fingerprint density at radius 2 is 1.18 bits per heavy atom. The van der Waals surface area contributed by atoms with E-state index in [1.54, 1.807) is 7.11 Å². The lowest BCUT2D eigenvalue weighted by molar-refractivity contribution is -0.913. The van der Waals surface area contributed by atoms with Crippen LogP contribution in [0.5, 0.6) is 0 Å². The summed E-state index contributed by atoms with van der Waals surface area (Å²) in [4.78, 5) is 0. The highest BCUT2D eigenvalue weighted by atomic mass is 16.6. The van der Waals surface area contributed by atoms with Gasteiger partial charge in [-0.1, -0.05) is 122 Å². The molecule has 1 aliphatic heterocycles. The summed E-state index contributed by atoms with van der Waals surface area (Å²) in [5.41, 5.74) is 0. The fraction of sp³-hybridized carbons (Fsp3) is 1.00. The van der Waals surface area contributed by atoms with Crippen molar-refractivity contribution in [3.05, 3.63) is 0 Å². The average Bonchev–Trinajstić information content (AvgIpc) is 3.02. The summed E-state index contributed by atoms with van der Waals surface area (Å²) in [6.07, 6.45) is 30.9.